The second kappa shape index (κ2) is 17.3. The van der Waals surface area contributed by atoms with Gasteiger partial charge in [-0.25, -0.2) is 0 Å². The van der Waals surface area contributed by atoms with Crippen LogP contribution in [-0.4, -0.2) is 43.7 Å². The molecule has 45 heavy (non-hydrogen) atoms. The molecular formula is C38H47NO6. The smallest absolute Gasteiger partial charge is 0.309 e. The van der Waals surface area contributed by atoms with Crippen molar-refractivity contribution in [2.75, 3.05) is 20.3 Å². The average molecular weight is 614 g/mol. The van der Waals surface area contributed by atoms with Crippen LogP contribution in [0.15, 0.2) is 72.8 Å². The molecule has 0 saturated carbocycles. The zero-order chi connectivity index (χ0) is 32.8. The first kappa shape index (κ1) is 35.2. The summed E-state index contributed by atoms with van der Waals surface area (Å²) in [5, 5.41) is 2.68. The topological polar surface area (TPSA) is 98.8 Å². The van der Waals surface area contributed by atoms with Crippen LogP contribution in [0.1, 0.15) is 108 Å². The van der Waals surface area contributed by atoms with Crippen LogP contribution in [0, 0.1) is 5.92 Å². The van der Waals surface area contributed by atoms with Crippen LogP contribution in [0.2, 0.25) is 0 Å². The van der Waals surface area contributed by atoms with Gasteiger partial charge in [-0.2, -0.15) is 0 Å². The Morgan fingerprint density at radius 3 is 1.91 bits per heavy atom. The lowest BCUT2D eigenvalue weighted by Crippen LogP contribution is -2.29. The summed E-state index contributed by atoms with van der Waals surface area (Å²) < 4.78 is 10.7. The maximum atomic E-state index is 13.0. The molecule has 3 aromatic rings. The van der Waals surface area contributed by atoms with Gasteiger partial charge >= 0.3 is 5.97 Å². The monoisotopic (exact) mass is 613 g/mol. The number of carbonyl (C=O) groups is 4. The van der Waals surface area contributed by atoms with Crippen LogP contribution in [0.5, 0.6) is 5.75 Å². The predicted molar refractivity (Wildman–Crippen MR) is 177 cm³/mol. The molecule has 3 aromatic carbocycles. The van der Waals surface area contributed by atoms with Crippen LogP contribution >= 0.6 is 0 Å². The van der Waals surface area contributed by atoms with E-state index in [-0.39, 0.29) is 35.9 Å². The number of hydrogen-bond donors (Lipinski definition) is 1. The number of nitrogens with one attached hydrogen (secondary N) is 1. The zero-order valence-corrected chi connectivity index (χ0v) is 27.3. The number of benzene rings is 3. The first-order chi connectivity index (χ1) is 21.5. The molecule has 0 aliphatic carbocycles. The zero-order valence-electron chi connectivity index (χ0n) is 27.3. The molecule has 0 saturated heterocycles. The molecule has 240 valence electrons. The summed E-state index contributed by atoms with van der Waals surface area (Å²) in [6, 6.07) is 21.2. The van der Waals surface area contributed by atoms with E-state index in [9.17, 15) is 19.2 Å². The fourth-order valence-electron chi connectivity index (χ4n) is 4.98. The summed E-state index contributed by atoms with van der Waals surface area (Å²) in [5.74, 6) is -1.12. The summed E-state index contributed by atoms with van der Waals surface area (Å²) in [4.78, 5) is 50.9. The quantitative estimate of drug-likeness (QED) is 0.0959. The van der Waals surface area contributed by atoms with Crippen LogP contribution in [-0.2, 0) is 21.4 Å². The Morgan fingerprint density at radius 1 is 0.733 bits per heavy atom. The Morgan fingerprint density at radius 2 is 1.31 bits per heavy atom. The van der Waals surface area contributed by atoms with E-state index in [0.717, 1.165) is 24.0 Å². The number of carbonyl (C=O) groups excluding carboxylic acids is 4. The van der Waals surface area contributed by atoms with Crippen LogP contribution in [0.25, 0.3) is 0 Å². The molecule has 0 aliphatic rings. The molecule has 1 atom stereocenters. The van der Waals surface area contributed by atoms with Gasteiger partial charge in [-0.1, -0.05) is 102 Å². The number of unbranched alkanes of at least 4 members (excludes halogenated alkanes) is 4. The van der Waals surface area contributed by atoms with Gasteiger partial charge in [0.2, 0.25) is 0 Å². The van der Waals surface area contributed by atoms with Crippen molar-refractivity contribution in [3.63, 3.8) is 0 Å². The summed E-state index contributed by atoms with van der Waals surface area (Å²) in [5.41, 5.74) is 3.33. The van der Waals surface area contributed by atoms with E-state index in [2.05, 4.69) is 33.0 Å². The lowest BCUT2D eigenvalue weighted by Gasteiger charge is -2.19. The van der Waals surface area contributed by atoms with Gasteiger partial charge in [0.05, 0.1) is 26.2 Å². The Labute approximate surface area is 267 Å². The van der Waals surface area contributed by atoms with E-state index in [1.54, 1.807) is 60.7 Å². The number of ketones is 2. The second-order valence-electron chi connectivity index (χ2n) is 12.5. The number of rotatable bonds is 17. The molecule has 0 bridgehead atoms. The summed E-state index contributed by atoms with van der Waals surface area (Å²) >= 11 is 0. The molecule has 0 fully saturated rings. The maximum absolute atomic E-state index is 13.0. The predicted octanol–water partition coefficient (Wildman–Crippen LogP) is 7.55. The minimum atomic E-state index is -0.659. The third kappa shape index (κ3) is 11.3. The number of Topliss-reactive ketones (excluding diaryl/α,β-unsaturated/α-hetero) is 2. The highest BCUT2D eigenvalue weighted by Crippen LogP contribution is 2.24. The minimum Gasteiger partial charge on any atom is -0.494 e. The van der Waals surface area contributed by atoms with E-state index < -0.39 is 11.9 Å². The SMILES string of the molecule is CCCCCCCOc1ccc(C(=O)NCC(=O)c2ccc(C[C@H](CC(=O)c3ccc(C(C)(C)C)cc3)C(=O)OC)cc2)cc1. The Hall–Kier alpha value is -4.26. The Kier molecular flexibility index (Phi) is 13.5. The van der Waals surface area contributed by atoms with Gasteiger partial charge in [-0.3, -0.25) is 19.2 Å². The molecule has 0 unspecified atom stereocenters. The summed E-state index contributed by atoms with van der Waals surface area (Å²) in [7, 11) is 1.31. The normalized spacial score (nSPS) is 11.8. The first-order valence-corrected chi connectivity index (χ1v) is 15.9. The van der Waals surface area contributed by atoms with Gasteiger partial charge in [0.1, 0.15) is 5.75 Å². The van der Waals surface area contributed by atoms with Crippen molar-refractivity contribution in [3.05, 3.63) is 101 Å². The van der Waals surface area contributed by atoms with Crippen molar-refractivity contribution >= 4 is 23.4 Å². The third-order valence-electron chi connectivity index (χ3n) is 7.84. The molecule has 0 spiro atoms. The molecule has 0 aliphatic heterocycles. The molecule has 7 heteroatoms. The van der Waals surface area contributed by atoms with E-state index >= 15 is 0 Å². The number of ether oxygens (including phenoxy) is 2. The molecule has 0 radical (unpaired) electrons. The van der Waals surface area contributed by atoms with Crippen molar-refractivity contribution in [2.45, 2.75) is 78.1 Å². The van der Waals surface area contributed by atoms with Crippen molar-refractivity contribution in [1.29, 1.82) is 0 Å². The largest absolute Gasteiger partial charge is 0.494 e. The maximum Gasteiger partial charge on any atom is 0.309 e. The van der Waals surface area contributed by atoms with Gasteiger partial charge in [-0.05, 0) is 53.6 Å². The van der Waals surface area contributed by atoms with Gasteiger partial charge in [-0.15, -0.1) is 0 Å². The van der Waals surface area contributed by atoms with E-state index in [4.69, 9.17) is 9.47 Å². The minimum absolute atomic E-state index is 0.0143. The van der Waals surface area contributed by atoms with Gasteiger partial charge in [0.15, 0.2) is 11.6 Å². The molecule has 3 rings (SSSR count). The molecular weight excluding hydrogens is 566 g/mol. The average Bonchev–Trinajstić information content (AvgIpc) is 3.04. The van der Waals surface area contributed by atoms with Crippen molar-refractivity contribution in [2.24, 2.45) is 5.92 Å². The van der Waals surface area contributed by atoms with Gasteiger partial charge in [0, 0.05) is 23.1 Å². The molecule has 1 N–H and O–H groups in total. The highest BCUT2D eigenvalue weighted by molar-refractivity contribution is 6.02. The Bertz CT molecular complexity index is 1400. The number of methoxy groups -OCH3 is 1. The van der Waals surface area contributed by atoms with Crippen molar-refractivity contribution in [1.82, 2.24) is 5.32 Å². The molecule has 7 nitrogen and oxygen atoms in total. The van der Waals surface area contributed by atoms with E-state index in [0.29, 0.717) is 35.5 Å². The lowest BCUT2D eigenvalue weighted by molar-refractivity contribution is -0.145. The molecule has 0 aromatic heterocycles. The Balaban J connectivity index is 1.50. The van der Waals surface area contributed by atoms with Crippen LogP contribution < -0.4 is 10.1 Å². The second-order valence-corrected chi connectivity index (χ2v) is 12.5. The lowest BCUT2D eigenvalue weighted by atomic mass is 9.85. The van der Waals surface area contributed by atoms with Crippen LogP contribution in [0.4, 0.5) is 0 Å². The molecule has 0 heterocycles. The number of hydrogen-bond acceptors (Lipinski definition) is 6. The highest BCUT2D eigenvalue weighted by Gasteiger charge is 2.24. The highest BCUT2D eigenvalue weighted by atomic mass is 16.5. The summed E-state index contributed by atoms with van der Waals surface area (Å²) in [6.45, 7) is 9.02. The first-order valence-electron chi connectivity index (χ1n) is 15.9. The summed E-state index contributed by atoms with van der Waals surface area (Å²) in [6.07, 6.45) is 6.13. The molecule has 1 amide bonds. The third-order valence-corrected chi connectivity index (χ3v) is 7.84. The van der Waals surface area contributed by atoms with Gasteiger partial charge < -0.3 is 14.8 Å². The van der Waals surface area contributed by atoms with E-state index in [1.165, 1.54) is 26.4 Å². The number of amides is 1. The van der Waals surface area contributed by atoms with Crippen molar-refractivity contribution in [3.8, 4) is 5.75 Å². The van der Waals surface area contributed by atoms with Crippen LogP contribution in [0.3, 0.4) is 0 Å². The van der Waals surface area contributed by atoms with Gasteiger partial charge in [0.25, 0.3) is 5.91 Å². The fraction of sp³-hybridized carbons (Fsp3) is 0.421. The number of esters is 1. The van der Waals surface area contributed by atoms with Crippen molar-refractivity contribution < 1.29 is 28.7 Å². The standard InChI is InChI=1S/C38H47NO6/c1-6-7-8-9-10-23-45-33-21-17-30(18-22-33)36(42)39-26-35(41)29-13-11-27(12-14-29)24-31(37(43)44-5)25-34(40)28-15-19-32(20-16-28)38(2,3)4/h11-22,31H,6-10,23-26H2,1-5H3,(H,39,42)/t31-/m1/s1. The fourth-order valence-corrected chi connectivity index (χ4v) is 4.98. The van der Waals surface area contributed by atoms with E-state index in [1.807, 2.05) is 12.1 Å².